The van der Waals surface area contributed by atoms with Crippen molar-refractivity contribution in [1.82, 2.24) is 4.90 Å². The lowest BCUT2D eigenvalue weighted by Gasteiger charge is -2.27. The summed E-state index contributed by atoms with van der Waals surface area (Å²) in [6.07, 6.45) is 2.30. The van der Waals surface area contributed by atoms with Crippen LogP contribution in [0.3, 0.4) is 0 Å². The molecule has 1 rings (SSSR count). The highest BCUT2D eigenvalue weighted by Crippen LogP contribution is 2.17. The Morgan fingerprint density at radius 2 is 2.15 bits per heavy atom. The first kappa shape index (κ1) is 10.0. The van der Waals surface area contributed by atoms with E-state index in [-0.39, 0.29) is 11.9 Å². The minimum absolute atomic E-state index is 0.00356. The second-order valence-electron chi connectivity index (χ2n) is 3.17. The standard InChI is InChI=1S/C9H15NO3/c1-2-13-9(12)8-3-5-10(7-11)6-4-8/h7-8H,2-6H2,1H3. The van der Waals surface area contributed by atoms with Gasteiger partial charge in [0.2, 0.25) is 6.41 Å². The number of hydrogen-bond donors (Lipinski definition) is 0. The number of carbonyl (C=O) groups is 2. The van der Waals surface area contributed by atoms with Crippen molar-refractivity contribution in [3.05, 3.63) is 0 Å². The Morgan fingerprint density at radius 3 is 2.62 bits per heavy atom. The third-order valence-electron chi connectivity index (χ3n) is 2.30. The molecule has 0 radical (unpaired) electrons. The fourth-order valence-electron chi connectivity index (χ4n) is 1.50. The first-order valence-electron chi connectivity index (χ1n) is 4.64. The van der Waals surface area contributed by atoms with E-state index in [2.05, 4.69) is 0 Å². The summed E-state index contributed by atoms with van der Waals surface area (Å²) in [5.41, 5.74) is 0. The molecule has 0 saturated carbocycles. The molecular formula is C9H15NO3. The molecule has 1 amide bonds. The van der Waals surface area contributed by atoms with Crippen molar-refractivity contribution in [2.24, 2.45) is 5.92 Å². The molecule has 0 aromatic heterocycles. The van der Waals surface area contributed by atoms with Crippen LogP contribution in [0, 0.1) is 5.92 Å². The van der Waals surface area contributed by atoms with Crippen molar-refractivity contribution in [3.8, 4) is 0 Å². The lowest BCUT2D eigenvalue weighted by molar-refractivity contribution is -0.150. The third kappa shape index (κ3) is 2.72. The first-order chi connectivity index (χ1) is 6.27. The second-order valence-corrected chi connectivity index (χ2v) is 3.17. The molecule has 1 fully saturated rings. The van der Waals surface area contributed by atoms with Gasteiger partial charge in [0.1, 0.15) is 0 Å². The van der Waals surface area contributed by atoms with Crippen LogP contribution in [0.15, 0.2) is 0 Å². The molecule has 0 unspecified atom stereocenters. The lowest BCUT2D eigenvalue weighted by Crippen LogP contribution is -2.35. The van der Waals surface area contributed by atoms with Crippen molar-refractivity contribution >= 4 is 12.4 Å². The summed E-state index contributed by atoms with van der Waals surface area (Å²) >= 11 is 0. The van der Waals surface area contributed by atoms with E-state index < -0.39 is 0 Å². The summed E-state index contributed by atoms with van der Waals surface area (Å²) in [6, 6.07) is 0. The molecule has 1 saturated heterocycles. The van der Waals surface area contributed by atoms with Gasteiger partial charge in [-0.15, -0.1) is 0 Å². The van der Waals surface area contributed by atoms with Crippen molar-refractivity contribution < 1.29 is 14.3 Å². The Bertz CT molecular complexity index is 185. The van der Waals surface area contributed by atoms with E-state index in [1.54, 1.807) is 11.8 Å². The highest BCUT2D eigenvalue weighted by Gasteiger charge is 2.24. The fraction of sp³-hybridized carbons (Fsp3) is 0.778. The Hall–Kier alpha value is -1.06. The maximum Gasteiger partial charge on any atom is 0.309 e. The van der Waals surface area contributed by atoms with Crippen molar-refractivity contribution in [2.45, 2.75) is 19.8 Å². The van der Waals surface area contributed by atoms with Crippen LogP contribution in [0.25, 0.3) is 0 Å². The zero-order chi connectivity index (χ0) is 9.68. The summed E-state index contributed by atoms with van der Waals surface area (Å²) in [4.78, 5) is 23.3. The summed E-state index contributed by atoms with van der Waals surface area (Å²) in [5.74, 6) is -0.121. The van der Waals surface area contributed by atoms with Crippen molar-refractivity contribution in [2.75, 3.05) is 19.7 Å². The zero-order valence-corrected chi connectivity index (χ0v) is 7.86. The number of likely N-dealkylation sites (tertiary alicyclic amines) is 1. The largest absolute Gasteiger partial charge is 0.466 e. The van der Waals surface area contributed by atoms with Gasteiger partial charge in [0.25, 0.3) is 0 Å². The van der Waals surface area contributed by atoms with Gasteiger partial charge in [0.05, 0.1) is 12.5 Å². The molecule has 74 valence electrons. The minimum Gasteiger partial charge on any atom is -0.466 e. The second kappa shape index (κ2) is 4.84. The smallest absolute Gasteiger partial charge is 0.309 e. The maximum atomic E-state index is 11.3. The molecule has 0 aromatic carbocycles. The molecule has 0 aliphatic carbocycles. The molecular weight excluding hydrogens is 170 g/mol. The van der Waals surface area contributed by atoms with Gasteiger partial charge >= 0.3 is 5.97 Å². The van der Waals surface area contributed by atoms with Crippen LogP contribution < -0.4 is 0 Å². The Kier molecular flexibility index (Phi) is 3.73. The summed E-state index contributed by atoms with van der Waals surface area (Å²) in [6.45, 7) is 3.59. The fourth-order valence-corrected chi connectivity index (χ4v) is 1.50. The Labute approximate surface area is 77.8 Å². The van der Waals surface area contributed by atoms with Gasteiger partial charge in [-0.2, -0.15) is 0 Å². The number of carbonyl (C=O) groups excluding carboxylic acids is 2. The SMILES string of the molecule is CCOC(=O)C1CCN(C=O)CC1. The number of amides is 1. The minimum atomic E-state index is -0.118. The normalized spacial score (nSPS) is 18.4. The van der Waals surface area contributed by atoms with Crippen molar-refractivity contribution in [3.63, 3.8) is 0 Å². The highest BCUT2D eigenvalue weighted by atomic mass is 16.5. The summed E-state index contributed by atoms with van der Waals surface area (Å²) in [7, 11) is 0. The van der Waals surface area contributed by atoms with Gasteiger partial charge in [0, 0.05) is 13.1 Å². The van der Waals surface area contributed by atoms with Crippen LogP contribution in [0.1, 0.15) is 19.8 Å². The quantitative estimate of drug-likeness (QED) is 0.473. The number of piperidine rings is 1. The van der Waals surface area contributed by atoms with Gasteiger partial charge in [-0.05, 0) is 19.8 Å². The molecule has 0 atom stereocenters. The van der Waals surface area contributed by atoms with Gasteiger partial charge in [-0.25, -0.2) is 0 Å². The van der Waals surface area contributed by atoms with E-state index in [1.165, 1.54) is 0 Å². The predicted octanol–water partition coefficient (Wildman–Crippen LogP) is 0.418. The van der Waals surface area contributed by atoms with E-state index >= 15 is 0 Å². The molecule has 4 nitrogen and oxygen atoms in total. The molecule has 0 aromatic rings. The van der Waals surface area contributed by atoms with Crippen LogP contribution in [0.4, 0.5) is 0 Å². The van der Waals surface area contributed by atoms with E-state index in [4.69, 9.17) is 4.74 Å². The van der Waals surface area contributed by atoms with Gasteiger partial charge in [-0.3, -0.25) is 9.59 Å². The van der Waals surface area contributed by atoms with Crippen LogP contribution in [-0.4, -0.2) is 37.0 Å². The molecule has 13 heavy (non-hydrogen) atoms. The molecule has 0 bridgehead atoms. The van der Waals surface area contributed by atoms with Gasteiger partial charge in [0.15, 0.2) is 0 Å². The lowest BCUT2D eigenvalue weighted by atomic mass is 9.97. The number of esters is 1. The van der Waals surface area contributed by atoms with Gasteiger partial charge in [-0.1, -0.05) is 0 Å². The summed E-state index contributed by atoms with van der Waals surface area (Å²) in [5, 5.41) is 0. The molecule has 1 aliphatic heterocycles. The van der Waals surface area contributed by atoms with E-state index in [1.807, 2.05) is 0 Å². The van der Waals surface area contributed by atoms with Crippen LogP contribution in [0.2, 0.25) is 0 Å². The highest BCUT2D eigenvalue weighted by molar-refractivity contribution is 5.72. The van der Waals surface area contributed by atoms with E-state index in [0.29, 0.717) is 19.7 Å². The average Bonchev–Trinajstić information content (AvgIpc) is 2.18. The first-order valence-corrected chi connectivity index (χ1v) is 4.64. The molecule has 0 spiro atoms. The number of rotatable bonds is 3. The topological polar surface area (TPSA) is 46.6 Å². The third-order valence-corrected chi connectivity index (χ3v) is 2.30. The zero-order valence-electron chi connectivity index (χ0n) is 7.86. The van der Waals surface area contributed by atoms with Crippen LogP contribution in [-0.2, 0) is 14.3 Å². The van der Waals surface area contributed by atoms with E-state index in [0.717, 1.165) is 19.3 Å². The van der Waals surface area contributed by atoms with Crippen LogP contribution >= 0.6 is 0 Å². The monoisotopic (exact) mass is 185 g/mol. The molecule has 1 heterocycles. The van der Waals surface area contributed by atoms with Crippen LogP contribution in [0.5, 0.6) is 0 Å². The Morgan fingerprint density at radius 1 is 1.54 bits per heavy atom. The van der Waals surface area contributed by atoms with Gasteiger partial charge < -0.3 is 9.64 Å². The van der Waals surface area contributed by atoms with E-state index in [9.17, 15) is 9.59 Å². The number of nitrogens with zero attached hydrogens (tertiary/aromatic N) is 1. The Balaban J connectivity index is 2.31. The maximum absolute atomic E-state index is 11.3. The average molecular weight is 185 g/mol. The number of ether oxygens (including phenoxy) is 1. The molecule has 4 heteroatoms. The summed E-state index contributed by atoms with van der Waals surface area (Å²) < 4.78 is 4.90. The number of hydrogen-bond acceptors (Lipinski definition) is 3. The van der Waals surface area contributed by atoms with Crippen molar-refractivity contribution in [1.29, 1.82) is 0 Å². The molecule has 0 N–H and O–H groups in total. The molecule has 1 aliphatic rings. The predicted molar refractivity (Wildman–Crippen MR) is 47.0 cm³/mol.